The standard InChI is InChI=1S/C12H20N4O2/c1-9-3-4-11(18-9)6-14-10-5-15-16(7-10)8-12(17)13-2/h5,7,9,11,14H,3-4,6,8H2,1-2H3,(H,13,17). The summed E-state index contributed by atoms with van der Waals surface area (Å²) in [5, 5.41) is 9.96. The zero-order valence-corrected chi connectivity index (χ0v) is 10.8. The van der Waals surface area contributed by atoms with Gasteiger partial charge in [0.05, 0.1) is 24.1 Å². The second-order valence-corrected chi connectivity index (χ2v) is 4.63. The first kappa shape index (κ1) is 12.9. The van der Waals surface area contributed by atoms with Crippen molar-refractivity contribution in [2.75, 3.05) is 18.9 Å². The summed E-state index contributed by atoms with van der Waals surface area (Å²) in [5.74, 6) is -0.0578. The molecule has 2 unspecified atom stereocenters. The van der Waals surface area contributed by atoms with Crippen LogP contribution in [0.5, 0.6) is 0 Å². The predicted molar refractivity (Wildman–Crippen MR) is 68.4 cm³/mol. The minimum atomic E-state index is -0.0578. The van der Waals surface area contributed by atoms with Crippen molar-refractivity contribution in [3.8, 4) is 0 Å². The van der Waals surface area contributed by atoms with Gasteiger partial charge in [-0.3, -0.25) is 9.48 Å². The molecule has 6 nitrogen and oxygen atoms in total. The summed E-state index contributed by atoms with van der Waals surface area (Å²) in [6.07, 6.45) is 6.42. The van der Waals surface area contributed by atoms with E-state index in [2.05, 4.69) is 22.7 Å². The molecule has 0 saturated carbocycles. The molecule has 2 N–H and O–H groups in total. The van der Waals surface area contributed by atoms with E-state index in [9.17, 15) is 4.79 Å². The molecule has 2 atom stereocenters. The fraction of sp³-hybridized carbons (Fsp3) is 0.667. The highest BCUT2D eigenvalue weighted by Crippen LogP contribution is 2.19. The van der Waals surface area contributed by atoms with E-state index in [1.807, 2.05) is 6.20 Å². The van der Waals surface area contributed by atoms with Crippen molar-refractivity contribution in [2.24, 2.45) is 0 Å². The third-order valence-electron chi connectivity index (χ3n) is 3.07. The zero-order valence-electron chi connectivity index (χ0n) is 10.8. The number of ether oxygens (including phenoxy) is 1. The van der Waals surface area contributed by atoms with Gasteiger partial charge in [0, 0.05) is 19.8 Å². The molecule has 0 spiro atoms. The maximum absolute atomic E-state index is 11.2. The van der Waals surface area contributed by atoms with Crippen molar-refractivity contribution in [1.82, 2.24) is 15.1 Å². The molecule has 2 heterocycles. The topological polar surface area (TPSA) is 68.2 Å². The van der Waals surface area contributed by atoms with Gasteiger partial charge in [0.25, 0.3) is 0 Å². The molecule has 2 rings (SSSR count). The van der Waals surface area contributed by atoms with Gasteiger partial charge in [0.1, 0.15) is 6.54 Å². The van der Waals surface area contributed by atoms with Gasteiger partial charge in [-0.25, -0.2) is 0 Å². The number of aromatic nitrogens is 2. The molecule has 6 heteroatoms. The van der Waals surface area contributed by atoms with Crippen LogP contribution in [0.25, 0.3) is 0 Å². The van der Waals surface area contributed by atoms with Gasteiger partial charge in [-0.1, -0.05) is 0 Å². The highest BCUT2D eigenvalue weighted by atomic mass is 16.5. The van der Waals surface area contributed by atoms with Crippen molar-refractivity contribution < 1.29 is 9.53 Å². The summed E-state index contributed by atoms with van der Waals surface area (Å²) in [5.41, 5.74) is 0.919. The average molecular weight is 252 g/mol. The van der Waals surface area contributed by atoms with Crippen LogP contribution in [0.15, 0.2) is 12.4 Å². The lowest BCUT2D eigenvalue weighted by molar-refractivity contribution is -0.121. The summed E-state index contributed by atoms with van der Waals surface area (Å²) < 4.78 is 7.33. The minimum absolute atomic E-state index is 0.0578. The van der Waals surface area contributed by atoms with Crippen LogP contribution >= 0.6 is 0 Å². The second kappa shape index (κ2) is 5.86. The fourth-order valence-electron chi connectivity index (χ4n) is 2.03. The first-order valence-electron chi connectivity index (χ1n) is 6.29. The van der Waals surface area contributed by atoms with Gasteiger partial charge in [-0.15, -0.1) is 0 Å². The molecule has 0 aliphatic carbocycles. The molecule has 18 heavy (non-hydrogen) atoms. The maximum atomic E-state index is 11.2. The minimum Gasteiger partial charge on any atom is -0.380 e. The van der Waals surface area contributed by atoms with E-state index in [-0.39, 0.29) is 18.6 Å². The van der Waals surface area contributed by atoms with E-state index >= 15 is 0 Å². The third kappa shape index (κ3) is 3.46. The Kier molecular flexibility index (Phi) is 4.19. The number of carbonyl (C=O) groups is 1. The predicted octanol–water partition coefficient (Wildman–Crippen LogP) is 0.608. The highest BCUT2D eigenvalue weighted by Gasteiger charge is 2.21. The SMILES string of the molecule is CNC(=O)Cn1cc(NCC2CCC(C)O2)cn1. The Balaban J connectivity index is 1.78. The highest BCUT2D eigenvalue weighted by molar-refractivity contribution is 5.75. The van der Waals surface area contributed by atoms with E-state index < -0.39 is 0 Å². The van der Waals surface area contributed by atoms with E-state index in [0.717, 1.165) is 25.1 Å². The van der Waals surface area contributed by atoms with Crippen molar-refractivity contribution in [2.45, 2.75) is 38.5 Å². The number of rotatable bonds is 5. The summed E-state index contributed by atoms with van der Waals surface area (Å²) in [4.78, 5) is 11.2. The molecule has 1 fully saturated rings. The normalized spacial score (nSPS) is 23.0. The van der Waals surface area contributed by atoms with Gasteiger partial charge in [-0.2, -0.15) is 5.10 Å². The van der Waals surface area contributed by atoms with Crippen LogP contribution in [0.2, 0.25) is 0 Å². The summed E-state index contributed by atoms with van der Waals surface area (Å²) in [6, 6.07) is 0. The summed E-state index contributed by atoms with van der Waals surface area (Å²) >= 11 is 0. The van der Waals surface area contributed by atoms with Crippen LogP contribution in [-0.2, 0) is 16.1 Å². The molecule has 1 aromatic rings. The smallest absolute Gasteiger partial charge is 0.241 e. The van der Waals surface area contributed by atoms with Crippen molar-refractivity contribution in [3.05, 3.63) is 12.4 Å². The first-order valence-corrected chi connectivity index (χ1v) is 6.29. The van der Waals surface area contributed by atoms with Crippen LogP contribution in [0.4, 0.5) is 5.69 Å². The number of hydrogen-bond donors (Lipinski definition) is 2. The molecular weight excluding hydrogens is 232 g/mol. The Morgan fingerprint density at radius 3 is 3.11 bits per heavy atom. The van der Waals surface area contributed by atoms with Crippen LogP contribution in [0, 0.1) is 0 Å². The number of nitrogens with zero attached hydrogens (tertiary/aromatic N) is 2. The number of nitrogens with one attached hydrogen (secondary N) is 2. The molecule has 0 radical (unpaired) electrons. The summed E-state index contributed by atoms with van der Waals surface area (Å²) in [7, 11) is 1.61. The van der Waals surface area contributed by atoms with E-state index in [1.54, 1.807) is 17.9 Å². The van der Waals surface area contributed by atoms with Gasteiger partial charge in [-0.05, 0) is 19.8 Å². The zero-order chi connectivity index (χ0) is 13.0. The van der Waals surface area contributed by atoms with Crippen LogP contribution < -0.4 is 10.6 Å². The Labute approximate surface area is 107 Å². The van der Waals surface area contributed by atoms with Crippen LogP contribution in [0.3, 0.4) is 0 Å². The van der Waals surface area contributed by atoms with Gasteiger partial charge in [0.15, 0.2) is 0 Å². The van der Waals surface area contributed by atoms with Gasteiger partial charge in [0.2, 0.25) is 5.91 Å². The number of carbonyl (C=O) groups excluding carboxylic acids is 1. The maximum Gasteiger partial charge on any atom is 0.241 e. The molecule has 1 amide bonds. The van der Waals surface area contributed by atoms with Crippen LogP contribution in [0.1, 0.15) is 19.8 Å². The van der Waals surface area contributed by atoms with Crippen LogP contribution in [-0.4, -0.2) is 41.5 Å². The molecule has 1 aromatic heterocycles. The fourth-order valence-corrected chi connectivity index (χ4v) is 2.03. The van der Waals surface area contributed by atoms with Crippen molar-refractivity contribution >= 4 is 11.6 Å². The first-order chi connectivity index (χ1) is 8.67. The largest absolute Gasteiger partial charge is 0.380 e. The van der Waals surface area contributed by atoms with E-state index in [0.29, 0.717) is 6.10 Å². The Hall–Kier alpha value is -1.56. The Morgan fingerprint density at radius 2 is 2.44 bits per heavy atom. The number of amides is 1. The Bertz CT molecular complexity index is 405. The monoisotopic (exact) mass is 252 g/mol. The van der Waals surface area contributed by atoms with E-state index in [1.165, 1.54) is 0 Å². The summed E-state index contributed by atoms with van der Waals surface area (Å²) in [6.45, 7) is 3.13. The van der Waals surface area contributed by atoms with Crippen molar-refractivity contribution in [3.63, 3.8) is 0 Å². The number of hydrogen-bond acceptors (Lipinski definition) is 4. The van der Waals surface area contributed by atoms with Crippen molar-refractivity contribution in [1.29, 1.82) is 0 Å². The Morgan fingerprint density at radius 1 is 1.61 bits per heavy atom. The molecule has 0 bridgehead atoms. The molecule has 1 saturated heterocycles. The molecule has 100 valence electrons. The lowest BCUT2D eigenvalue weighted by Crippen LogP contribution is -2.23. The lowest BCUT2D eigenvalue weighted by atomic mass is 10.2. The second-order valence-electron chi connectivity index (χ2n) is 4.63. The number of likely N-dealkylation sites (N-methyl/N-ethyl adjacent to an activating group) is 1. The lowest BCUT2D eigenvalue weighted by Gasteiger charge is -2.11. The van der Waals surface area contributed by atoms with Gasteiger partial charge >= 0.3 is 0 Å². The van der Waals surface area contributed by atoms with E-state index in [4.69, 9.17) is 4.74 Å². The van der Waals surface area contributed by atoms with Gasteiger partial charge < -0.3 is 15.4 Å². The quantitative estimate of drug-likeness (QED) is 0.805. The average Bonchev–Trinajstić information content (AvgIpc) is 2.96. The molecule has 1 aliphatic heterocycles. The molecule has 0 aromatic carbocycles. The molecule has 1 aliphatic rings. The molecular formula is C12H20N4O2. The third-order valence-corrected chi connectivity index (χ3v) is 3.07. The number of anilines is 1.